The molecule has 1 aliphatic rings. The molecule has 1 aliphatic heterocycles. The minimum absolute atomic E-state index is 0.166. The lowest BCUT2D eigenvalue weighted by Gasteiger charge is -2.19. The smallest absolute Gasteiger partial charge is 0.0847 e. The Labute approximate surface area is 118 Å². The average Bonchev–Trinajstić information content (AvgIpc) is 2.86. The molecule has 19 heavy (non-hydrogen) atoms. The van der Waals surface area contributed by atoms with Crippen LogP contribution in [0.5, 0.6) is 0 Å². The van der Waals surface area contributed by atoms with Crippen molar-refractivity contribution in [3.8, 4) is 0 Å². The van der Waals surface area contributed by atoms with E-state index in [-0.39, 0.29) is 12.0 Å². The molecule has 2 nitrogen and oxygen atoms in total. The van der Waals surface area contributed by atoms with E-state index in [4.69, 9.17) is 16.3 Å². The van der Waals surface area contributed by atoms with Gasteiger partial charge in [-0.15, -0.1) is 0 Å². The highest BCUT2D eigenvalue weighted by Crippen LogP contribution is 2.36. The first kappa shape index (κ1) is 12.9. The second-order valence-corrected chi connectivity index (χ2v) is 5.67. The number of hydrogen-bond acceptors (Lipinski definition) is 2. The van der Waals surface area contributed by atoms with E-state index in [9.17, 15) is 5.11 Å². The van der Waals surface area contributed by atoms with Gasteiger partial charge < -0.3 is 9.84 Å². The van der Waals surface area contributed by atoms with Gasteiger partial charge in [0, 0.05) is 16.3 Å². The third-order valence-corrected chi connectivity index (χ3v) is 4.23. The van der Waals surface area contributed by atoms with Gasteiger partial charge >= 0.3 is 0 Å². The summed E-state index contributed by atoms with van der Waals surface area (Å²) in [6.45, 7) is 2.67. The van der Waals surface area contributed by atoms with E-state index >= 15 is 0 Å². The van der Waals surface area contributed by atoms with E-state index in [0.717, 1.165) is 27.8 Å². The van der Waals surface area contributed by atoms with Crippen molar-refractivity contribution < 1.29 is 9.84 Å². The van der Waals surface area contributed by atoms with Crippen molar-refractivity contribution in [3.05, 3.63) is 47.0 Å². The van der Waals surface area contributed by atoms with Crippen LogP contribution in [0, 0.1) is 5.92 Å². The van der Waals surface area contributed by atoms with Crippen LogP contribution in [0.2, 0.25) is 5.02 Å². The van der Waals surface area contributed by atoms with Crippen LogP contribution >= 0.6 is 11.6 Å². The molecule has 1 N–H and O–H groups in total. The van der Waals surface area contributed by atoms with E-state index < -0.39 is 6.10 Å². The Kier molecular flexibility index (Phi) is 3.48. The summed E-state index contributed by atoms with van der Waals surface area (Å²) in [4.78, 5) is 0. The van der Waals surface area contributed by atoms with Gasteiger partial charge in [0.05, 0.1) is 18.8 Å². The van der Waals surface area contributed by atoms with Gasteiger partial charge in [0.1, 0.15) is 0 Å². The molecule has 0 aromatic heterocycles. The number of halogens is 1. The molecule has 2 aromatic carbocycles. The van der Waals surface area contributed by atoms with Crippen molar-refractivity contribution in [2.45, 2.75) is 25.6 Å². The molecule has 0 saturated carbocycles. The summed E-state index contributed by atoms with van der Waals surface area (Å²) in [6, 6.07) is 11.7. The lowest BCUT2D eigenvalue weighted by atomic mass is 9.90. The Morgan fingerprint density at radius 1 is 1.21 bits per heavy atom. The highest BCUT2D eigenvalue weighted by atomic mass is 35.5. The van der Waals surface area contributed by atoms with Gasteiger partial charge in [-0.2, -0.15) is 0 Å². The number of benzene rings is 2. The summed E-state index contributed by atoms with van der Waals surface area (Å²) in [7, 11) is 0. The van der Waals surface area contributed by atoms with Gasteiger partial charge in [-0.05, 0) is 30.4 Å². The summed E-state index contributed by atoms with van der Waals surface area (Å²) in [5.74, 6) is 0.166. The minimum Gasteiger partial charge on any atom is -0.388 e. The van der Waals surface area contributed by atoms with Crippen LogP contribution in [0.25, 0.3) is 10.8 Å². The Morgan fingerprint density at radius 3 is 2.63 bits per heavy atom. The van der Waals surface area contributed by atoms with Crippen molar-refractivity contribution in [2.75, 3.05) is 6.61 Å². The maximum absolute atomic E-state index is 10.6. The number of aliphatic hydroxyl groups is 1. The van der Waals surface area contributed by atoms with Gasteiger partial charge in [0.15, 0.2) is 0 Å². The van der Waals surface area contributed by atoms with Gasteiger partial charge in [0.25, 0.3) is 0 Å². The lowest BCUT2D eigenvalue weighted by Crippen LogP contribution is -2.13. The van der Waals surface area contributed by atoms with Crippen molar-refractivity contribution in [1.82, 2.24) is 0 Å². The van der Waals surface area contributed by atoms with Crippen LogP contribution in [-0.4, -0.2) is 17.8 Å². The van der Waals surface area contributed by atoms with Crippen molar-refractivity contribution in [3.63, 3.8) is 0 Å². The summed E-state index contributed by atoms with van der Waals surface area (Å²) >= 11 is 6.21. The van der Waals surface area contributed by atoms with Gasteiger partial charge in [-0.1, -0.05) is 41.9 Å². The van der Waals surface area contributed by atoms with Crippen LogP contribution in [0.15, 0.2) is 36.4 Å². The molecule has 2 aromatic rings. The number of ether oxygens (including phenoxy) is 1. The molecule has 0 aliphatic carbocycles. The summed E-state index contributed by atoms with van der Waals surface area (Å²) in [5.41, 5.74) is 0.947. The molecule has 0 radical (unpaired) electrons. The van der Waals surface area contributed by atoms with E-state index in [1.807, 2.05) is 43.3 Å². The zero-order chi connectivity index (χ0) is 13.4. The van der Waals surface area contributed by atoms with Gasteiger partial charge in [0.2, 0.25) is 0 Å². The van der Waals surface area contributed by atoms with Crippen LogP contribution in [-0.2, 0) is 4.74 Å². The number of aliphatic hydroxyl groups excluding tert-OH is 1. The third-order valence-electron chi connectivity index (χ3n) is 3.90. The first-order chi connectivity index (χ1) is 9.16. The van der Waals surface area contributed by atoms with E-state index in [1.54, 1.807) is 0 Å². The zero-order valence-electron chi connectivity index (χ0n) is 10.8. The maximum Gasteiger partial charge on any atom is 0.0847 e. The predicted molar refractivity (Wildman–Crippen MR) is 77.4 cm³/mol. The standard InChI is InChI=1S/C16H17ClO2/c1-10-8-11(9-19-10)16(18)14-6-7-15(17)13-5-3-2-4-12(13)14/h2-7,10-11,16,18H,8-9H2,1H3. The molecule has 3 atom stereocenters. The Morgan fingerprint density at radius 2 is 1.95 bits per heavy atom. The zero-order valence-corrected chi connectivity index (χ0v) is 11.6. The maximum atomic E-state index is 10.6. The number of rotatable bonds is 2. The molecular formula is C16H17ClO2. The van der Waals surface area contributed by atoms with Crippen LogP contribution in [0.4, 0.5) is 0 Å². The van der Waals surface area contributed by atoms with E-state index in [1.165, 1.54) is 0 Å². The van der Waals surface area contributed by atoms with E-state index in [0.29, 0.717) is 6.61 Å². The van der Waals surface area contributed by atoms with Crippen molar-refractivity contribution in [2.24, 2.45) is 5.92 Å². The third kappa shape index (κ3) is 2.36. The molecule has 3 heteroatoms. The molecule has 0 bridgehead atoms. The molecule has 0 amide bonds. The second kappa shape index (κ2) is 5.12. The topological polar surface area (TPSA) is 29.5 Å². The Hall–Kier alpha value is -1.09. The monoisotopic (exact) mass is 276 g/mol. The molecule has 1 saturated heterocycles. The average molecular weight is 277 g/mol. The molecule has 3 unspecified atom stereocenters. The van der Waals surface area contributed by atoms with Crippen LogP contribution < -0.4 is 0 Å². The molecule has 100 valence electrons. The summed E-state index contributed by atoms with van der Waals surface area (Å²) in [5, 5.41) is 13.4. The van der Waals surface area contributed by atoms with Gasteiger partial charge in [-0.3, -0.25) is 0 Å². The first-order valence-corrected chi connectivity index (χ1v) is 7.01. The SMILES string of the molecule is CC1CC(C(O)c2ccc(Cl)c3ccccc23)CO1. The predicted octanol–water partition coefficient (Wildman–Crippen LogP) is 3.95. The lowest BCUT2D eigenvalue weighted by molar-refractivity contribution is 0.0811. The fraction of sp³-hybridized carbons (Fsp3) is 0.375. The summed E-state index contributed by atoms with van der Waals surface area (Å²) in [6.07, 6.45) is 0.642. The molecule has 1 heterocycles. The molecule has 0 spiro atoms. The van der Waals surface area contributed by atoms with E-state index in [2.05, 4.69) is 0 Å². The second-order valence-electron chi connectivity index (χ2n) is 5.27. The van der Waals surface area contributed by atoms with Crippen LogP contribution in [0.1, 0.15) is 25.0 Å². The quantitative estimate of drug-likeness (QED) is 0.900. The van der Waals surface area contributed by atoms with Crippen molar-refractivity contribution >= 4 is 22.4 Å². The fourth-order valence-corrected chi connectivity index (χ4v) is 3.10. The number of fused-ring (bicyclic) bond motifs is 1. The Bertz CT molecular complexity index is 596. The van der Waals surface area contributed by atoms with Crippen molar-refractivity contribution in [1.29, 1.82) is 0 Å². The fourth-order valence-electron chi connectivity index (χ4n) is 2.87. The minimum atomic E-state index is -0.493. The Balaban J connectivity index is 2.03. The summed E-state index contributed by atoms with van der Waals surface area (Å²) < 4.78 is 5.56. The molecular weight excluding hydrogens is 260 g/mol. The molecule has 3 rings (SSSR count). The highest BCUT2D eigenvalue weighted by molar-refractivity contribution is 6.35. The first-order valence-electron chi connectivity index (χ1n) is 6.63. The van der Waals surface area contributed by atoms with Crippen LogP contribution in [0.3, 0.4) is 0 Å². The largest absolute Gasteiger partial charge is 0.388 e. The van der Waals surface area contributed by atoms with Gasteiger partial charge in [-0.25, -0.2) is 0 Å². The normalized spacial score (nSPS) is 24.8. The molecule has 1 fully saturated rings. The highest BCUT2D eigenvalue weighted by Gasteiger charge is 2.30. The number of hydrogen-bond donors (Lipinski definition) is 1.